The molecular weight excluding hydrogens is 342 g/mol. The van der Waals surface area contributed by atoms with Gasteiger partial charge in [-0.3, -0.25) is 4.90 Å². The molecule has 0 N–H and O–H groups in total. The fourth-order valence-electron chi connectivity index (χ4n) is 3.49. The molecule has 0 aromatic heterocycles. The Morgan fingerprint density at radius 2 is 1.33 bits per heavy atom. The maximum absolute atomic E-state index is 12.4. The van der Waals surface area contributed by atoms with Crippen molar-refractivity contribution in [2.75, 3.05) is 19.8 Å². The maximum Gasteiger partial charge on any atom is 0.410 e. The summed E-state index contributed by atoms with van der Waals surface area (Å²) in [6.07, 6.45) is 14.8. The molecule has 0 aliphatic carbocycles. The zero-order valence-electron chi connectivity index (χ0n) is 17.7. The number of carbonyl (C=O) groups excluding carboxylic acids is 2. The van der Waals surface area contributed by atoms with Crippen LogP contribution in [0.4, 0.5) is 4.79 Å². The van der Waals surface area contributed by atoms with Crippen molar-refractivity contribution in [2.24, 2.45) is 0 Å². The first-order valence-electron chi connectivity index (χ1n) is 11.3. The topological polar surface area (TPSA) is 55.8 Å². The largest absolute Gasteiger partial charge is 0.464 e. The van der Waals surface area contributed by atoms with Gasteiger partial charge >= 0.3 is 12.1 Å². The highest BCUT2D eigenvalue weighted by Crippen LogP contribution is 2.20. The zero-order chi connectivity index (χ0) is 19.7. The van der Waals surface area contributed by atoms with E-state index in [-0.39, 0.29) is 12.1 Å². The lowest BCUT2D eigenvalue weighted by molar-refractivity contribution is -0.150. The molecule has 1 atom stereocenters. The number of nitrogens with zero attached hydrogens (tertiary/aromatic N) is 1. The fourth-order valence-corrected chi connectivity index (χ4v) is 3.49. The SMILES string of the molecule is CCCCCCCCOC(=O)N1CCCCC1C(=O)OCCCCCCC. The van der Waals surface area contributed by atoms with E-state index >= 15 is 0 Å². The lowest BCUT2D eigenvalue weighted by atomic mass is 10.0. The Kier molecular flexibility index (Phi) is 13.9. The first-order valence-corrected chi connectivity index (χ1v) is 11.3. The lowest BCUT2D eigenvalue weighted by Crippen LogP contribution is -2.49. The van der Waals surface area contributed by atoms with Gasteiger partial charge in [0.05, 0.1) is 13.2 Å². The number of ether oxygens (including phenoxy) is 2. The van der Waals surface area contributed by atoms with Crippen molar-refractivity contribution < 1.29 is 19.1 Å². The number of esters is 1. The summed E-state index contributed by atoms with van der Waals surface area (Å²) >= 11 is 0. The van der Waals surface area contributed by atoms with Gasteiger partial charge in [0, 0.05) is 6.54 Å². The monoisotopic (exact) mass is 383 g/mol. The molecule has 0 aromatic rings. The van der Waals surface area contributed by atoms with Gasteiger partial charge < -0.3 is 9.47 Å². The molecular formula is C22H41NO4. The van der Waals surface area contributed by atoms with E-state index in [1.807, 2.05) is 0 Å². The molecule has 0 spiro atoms. The fraction of sp³-hybridized carbons (Fsp3) is 0.909. The Bertz CT molecular complexity index is 400. The summed E-state index contributed by atoms with van der Waals surface area (Å²) in [5, 5.41) is 0. The minimum atomic E-state index is -0.466. The Morgan fingerprint density at radius 1 is 0.778 bits per heavy atom. The van der Waals surface area contributed by atoms with Crippen molar-refractivity contribution in [3.05, 3.63) is 0 Å². The molecule has 1 saturated heterocycles. The Labute approximate surface area is 166 Å². The van der Waals surface area contributed by atoms with Crippen LogP contribution in [-0.4, -0.2) is 42.8 Å². The predicted octanol–water partition coefficient (Wildman–Crippen LogP) is 5.85. The average Bonchev–Trinajstić information content (AvgIpc) is 2.69. The zero-order valence-corrected chi connectivity index (χ0v) is 17.7. The molecule has 0 aromatic carbocycles. The second kappa shape index (κ2) is 15.8. The number of rotatable bonds is 14. The number of carbonyl (C=O) groups is 2. The third-order valence-electron chi connectivity index (χ3n) is 5.23. The molecule has 1 aliphatic rings. The van der Waals surface area contributed by atoms with E-state index < -0.39 is 6.04 Å². The second-order valence-electron chi connectivity index (χ2n) is 7.67. The molecule has 1 amide bonds. The van der Waals surface area contributed by atoms with E-state index in [4.69, 9.17) is 9.47 Å². The van der Waals surface area contributed by atoms with Gasteiger partial charge in [-0.1, -0.05) is 71.6 Å². The molecule has 0 radical (unpaired) electrons. The van der Waals surface area contributed by atoms with Crippen LogP contribution in [0.3, 0.4) is 0 Å². The Hall–Kier alpha value is -1.26. The molecule has 1 aliphatic heterocycles. The summed E-state index contributed by atoms with van der Waals surface area (Å²) in [5.41, 5.74) is 0. The molecule has 158 valence electrons. The first-order chi connectivity index (χ1) is 13.2. The quantitative estimate of drug-likeness (QED) is 0.279. The van der Waals surface area contributed by atoms with E-state index in [1.54, 1.807) is 4.90 Å². The molecule has 1 unspecified atom stereocenters. The van der Waals surface area contributed by atoms with Crippen LogP contribution in [0.2, 0.25) is 0 Å². The van der Waals surface area contributed by atoms with Crippen LogP contribution in [0, 0.1) is 0 Å². The van der Waals surface area contributed by atoms with Crippen LogP contribution in [-0.2, 0) is 14.3 Å². The van der Waals surface area contributed by atoms with Gasteiger partial charge in [0.1, 0.15) is 6.04 Å². The van der Waals surface area contributed by atoms with Crippen molar-refractivity contribution in [1.82, 2.24) is 4.90 Å². The van der Waals surface area contributed by atoms with Gasteiger partial charge in [-0.2, -0.15) is 0 Å². The van der Waals surface area contributed by atoms with Gasteiger partial charge in [0.2, 0.25) is 0 Å². The van der Waals surface area contributed by atoms with E-state index in [2.05, 4.69) is 13.8 Å². The third kappa shape index (κ3) is 10.6. The second-order valence-corrected chi connectivity index (χ2v) is 7.67. The number of likely N-dealkylation sites (tertiary alicyclic amines) is 1. The minimum absolute atomic E-state index is 0.262. The van der Waals surface area contributed by atoms with Crippen molar-refractivity contribution >= 4 is 12.1 Å². The van der Waals surface area contributed by atoms with Gasteiger partial charge in [0.25, 0.3) is 0 Å². The van der Waals surface area contributed by atoms with E-state index in [9.17, 15) is 9.59 Å². The van der Waals surface area contributed by atoms with Crippen molar-refractivity contribution in [2.45, 2.75) is 110 Å². The molecule has 1 fully saturated rings. The smallest absolute Gasteiger partial charge is 0.410 e. The Morgan fingerprint density at radius 3 is 1.96 bits per heavy atom. The molecule has 5 heteroatoms. The highest BCUT2D eigenvalue weighted by atomic mass is 16.6. The molecule has 1 rings (SSSR count). The summed E-state index contributed by atoms with van der Waals surface area (Å²) in [4.78, 5) is 26.4. The highest BCUT2D eigenvalue weighted by Gasteiger charge is 2.34. The number of hydrogen-bond donors (Lipinski definition) is 0. The summed E-state index contributed by atoms with van der Waals surface area (Å²) in [7, 11) is 0. The maximum atomic E-state index is 12.4. The summed E-state index contributed by atoms with van der Waals surface area (Å²) in [5.74, 6) is -0.262. The normalized spacial score (nSPS) is 17.0. The van der Waals surface area contributed by atoms with Crippen LogP contribution in [0.5, 0.6) is 0 Å². The highest BCUT2D eigenvalue weighted by molar-refractivity contribution is 5.81. The van der Waals surface area contributed by atoms with Gasteiger partial charge in [-0.15, -0.1) is 0 Å². The summed E-state index contributed by atoms with van der Waals surface area (Å²) in [6.45, 7) is 5.88. The van der Waals surface area contributed by atoms with Crippen LogP contribution in [0.25, 0.3) is 0 Å². The number of unbranched alkanes of at least 4 members (excludes halogenated alkanes) is 9. The average molecular weight is 384 g/mol. The van der Waals surface area contributed by atoms with Crippen LogP contribution in [0.15, 0.2) is 0 Å². The predicted molar refractivity (Wildman–Crippen MR) is 109 cm³/mol. The van der Waals surface area contributed by atoms with Crippen LogP contribution >= 0.6 is 0 Å². The summed E-state index contributed by atoms with van der Waals surface area (Å²) in [6, 6.07) is -0.466. The number of hydrogen-bond acceptors (Lipinski definition) is 4. The molecule has 0 saturated carbocycles. The van der Waals surface area contributed by atoms with E-state index in [0.717, 1.165) is 38.5 Å². The number of amides is 1. The standard InChI is InChI=1S/C22H41NO4/c1-3-5-7-9-11-15-19-27-22(25)23-17-13-12-16-20(23)21(24)26-18-14-10-8-6-4-2/h20H,3-19H2,1-2H3. The number of piperidine rings is 1. The lowest BCUT2D eigenvalue weighted by Gasteiger charge is -2.33. The van der Waals surface area contributed by atoms with Crippen molar-refractivity contribution in [3.8, 4) is 0 Å². The van der Waals surface area contributed by atoms with Gasteiger partial charge in [-0.05, 0) is 32.1 Å². The summed E-state index contributed by atoms with van der Waals surface area (Å²) < 4.78 is 10.9. The molecule has 5 nitrogen and oxygen atoms in total. The van der Waals surface area contributed by atoms with E-state index in [1.165, 1.54) is 44.9 Å². The van der Waals surface area contributed by atoms with Gasteiger partial charge in [-0.25, -0.2) is 9.59 Å². The molecule has 0 bridgehead atoms. The van der Waals surface area contributed by atoms with Crippen LogP contribution < -0.4 is 0 Å². The van der Waals surface area contributed by atoms with Crippen molar-refractivity contribution in [3.63, 3.8) is 0 Å². The van der Waals surface area contributed by atoms with Crippen LogP contribution in [0.1, 0.15) is 104 Å². The minimum Gasteiger partial charge on any atom is -0.464 e. The first kappa shape index (κ1) is 23.8. The van der Waals surface area contributed by atoms with Gasteiger partial charge in [0.15, 0.2) is 0 Å². The third-order valence-corrected chi connectivity index (χ3v) is 5.23. The molecule has 27 heavy (non-hydrogen) atoms. The molecule has 1 heterocycles. The Balaban J connectivity index is 2.25. The van der Waals surface area contributed by atoms with Crippen molar-refractivity contribution in [1.29, 1.82) is 0 Å². The van der Waals surface area contributed by atoms with E-state index in [0.29, 0.717) is 26.2 Å².